The summed E-state index contributed by atoms with van der Waals surface area (Å²) in [7, 11) is -4.70. The maximum atomic E-state index is 12.8. The number of pyridine rings is 2. The molecule has 0 radical (unpaired) electrons. The van der Waals surface area contributed by atoms with E-state index in [1.807, 2.05) is 110 Å². The van der Waals surface area contributed by atoms with Crippen LogP contribution >= 0.6 is 0 Å². The van der Waals surface area contributed by atoms with Gasteiger partial charge in [-0.1, -0.05) is 35.4 Å². The van der Waals surface area contributed by atoms with Gasteiger partial charge in [-0.2, -0.15) is 0 Å². The van der Waals surface area contributed by atoms with Gasteiger partial charge in [-0.3, -0.25) is 14.4 Å². The van der Waals surface area contributed by atoms with E-state index in [0.29, 0.717) is 33.8 Å². The average Bonchev–Trinajstić information content (AvgIpc) is 3.25. The molecule has 64 heavy (non-hydrogen) atoms. The molecule has 3 amide bonds. The van der Waals surface area contributed by atoms with Gasteiger partial charge in [0.15, 0.2) is 24.8 Å². The zero-order valence-corrected chi connectivity index (χ0v) is 36.7. The fourth-order valence-electron chi connectivity index (χ4n) is 5.55. The van der Waals surface area contributed by atoms with E-state index in [1.165, 1.54) is 24.3 Å². The molecule has 5 aromatic carbocycles. The van der Waals surface area contributed by atoms with Crippen LogP contribution in [0.5, 0.6) is 0 Å². The van der Waals surface area contributed by atoms with Crippen LogP contribution in [0.4, 0.5) is 28.4 Å². The van der Waals surface area contributed by atoms with Gasteiger partial charge in [0.25, 0.3) is 17.7 Å². The summed E-state index contributed by atoms with van der Waals surface area (Å²) in [4.78, 5) is 37.7. The number of carbonyl (C=O) groups excluding carboxylic acids is 3. The molecule has 0 bridgehead atoms. The molecule has 0 aliphatic rings. The summed E-state index contributed by atoms with van der Waals surface area (Å²) in [5.41, 5.74) is 6.89. The molecule has 7 rings (SSSR count). The first-order valence-electron chi connectivity index (χ1n) is 19.3. The van der Waals surface area contributed by atoms with Gasteiger partial charge in [0, 0.05) is 52.0 Å². The Kier molecular flexibility index (Phi) is 15.9. The molecule has 15 nitrogen and oxygen atoms in total. The van der Waals surface area contributed by atoms with Crippen molar-refractivity contribution in [1.82, 2.24) is 0 Å². The summed E-state index contributed by atoms with van der Waals surface area (Å²) in [5, 5.41) is 11.8. The maximum absolute atomic E-state index is 12.8. The van der Waals surface area contributed by atoms with E-state index in [9.17, 15) is 40.3 Å². The molecular weight excluding hydrogens is 857 g/mol. The number of rotatable bonds is 10. The fourth-order valence-corrected chi connectivity index (χ4v) is 6.49. The van der Waals surface area contributed by atoms with Crippen molar-refractivity contribution in [3.05, 3.63) is 198 Å². The monoisotopic (exact) mass is 900 g/mol. The molecule has 0 aliphatic carbocycles. The number of aryl methyl sites for hydroxylation is 4. The number of anilines is 5. The van der Waals surface area contributed by atoms with Gasteiger partial charge in [0.1, 0.15) is 40.0 Å². The lowest BCUT2D eigenvalue weighted by atomic mass is 10.1. The second kappa shape index (κ2) is 21.5. The van der Waals surface area contributed by atoms with E-state index < -0.39 is 20.2 Å². The molecule has 0 saturated carbocycles. The summed E-state index contributed by atoms with van der Waals surface area (Å²) < 4.78 is 66.1. The third-order valence-corrected chi connectivity index (χ3v) is 10.7. The van der Waals surface area contributed by atoms with Crippen molar-refractivity contribution in [3.8, 4) is 0 Å². The van der Waals surface area contributed by atoms with Crippen LogP contribution in [0.15, 0.2) is 180 Å². The fraction of sp³-hybridized carbons (Fsp3) is 0.0851. The highest BCUT2D eigenvalue weighted by Crippen LogP contribution is 2.20. The van der Waals surface area contributed by atoms with Crippen molar-refractivity contribution in [1.29, 1.82) is 0 Å². The van der Waals surface area contributed by atoms with Crippen molar-refractivity contribution in [3.63, 3.8) is 0 Å². The van der Waals surface area contributed by atoms with E-state index in [-0.39, 0.29) is 27.5 Å². The van der Waals surface area contributed by atoms with Crippen molar-refractivity contribution in [2.45, 2.75) is 23.6 Å². The number of hydrogen-bond donors (Lipinski definition) is 4. The summed E-state index contributed by atoms with van der Waals surface area (Å²) >= 11 is 0. The molecule has 7 aromatic rings. The second-order valence-electron chi connectivity index (χ2n) is 14.3. The minimum atomic E-state index is -4.27. The molecule has 17 heteroatoms. The number of carbonyl (C=O) groups is 3. The van der Waals surface area contributed by atoms with Gasteiger partial charge >= 0.3 is 0 Å². The van der Waals surface area contributed by atoms with Crippen LogP contribution in [0.3, 0.4) is 0 Å². The third-order valence-electron chi connectivity index (χ3n) is 9.04. The first-order chi connectivity index (χ1) is 30.3. The number of aromatic nitrogens is 2. The van der Waals surface area contributed by atoms with Crippen LogP contribution in [0, 0.1) is 13.8 Å². The molecule has 2 aromatic heterocycles. The highest BCUT2D eigenvalue weighted by atomic mass is 32.2. The minimum absolute atomic E-state index is 0.178. The Hall–Kier alpha value is -7.57. The van der Waals surface area contributed by atoms with Gasteiger partial charge in [-0.15, -0.1) is 0 Å². The topological polar surface area (TPSA) is 221 Å². The van der Waals surface area contributed by atoms with E-state index in [4.69, 9.17) is 0 Å². The normalized spacial score (nSPS) is 10.8. The van der Waals surface area contributed by atoms with E-state index in [2.05, 4.69) is 21.3 Å². The number of amides is 3. The summed E-state index contributed by atoms with van der Waals surface area (Å²) in [5.74, 6) is -0.857. The summed E-state index contributed by atoms with van der Waals surface area (Å²) in [6.07, 6.45) is 7.60. The molecule has 2 heterocycles. The second-order valence-corrected chi connectivity index (χ2v) is 17.0. The van der Waals surface area contributed by atoms with E-state index >= 15 is 0 Å². The molecule has 0 fully saturated rings. The van der Waals surface area contributed by atoms with Gasteiger partial charge < -0.3 is 30.4 Å². The number of benzene rings is 5. The van der Waals surface area contributed by atoms with Gasteiger partial charge in [-0.05, 0) is 117 Å². The summed E-state index contributed by atoms with van der Waals surface area (Å²) in [6.45, 7) is 3.64. The molecular formula is C47H44N6O9S2. The Balaban J connectivity index is 0.000000284. The Morgan fingerprint density at radius 1 is 0.422 bits per heavy atom. The van der Waals surface area contributed by atoms with Crippen molar-refractivity contribution in [2.75, 3.05) is 21.3 Å². The first kappa shape index (κ1) is 47.5. The molecule has 0 unspecified atom stereocenters. The van der Waals surface area contributed by atoms with E-state index in [0.717, 1.165) is 22.5 Å². The number of nitrogens with zero attached hydrogens (tertiary/aromatic N) is 2. The Morgan fingerprint density at radius 2 is 0.766 bits per heavy atom. The van der Waals surface area contributed by atoms with Crippen LogP contribution in [0.2, 0.25) is 0 Å². The zero-order chi connectivity index (χ0) is 46.4. The third kappa shape index (κ3) is 14.8. The van der Waals surface area contributed by atoms with Crippen LogP contribution in [0.25, 0.3) is 0 Å². The standard InChI is InChI=1S/C33H28N6O3.2C7H8O3S/c1-38-20-17-29(18-21-38)34-26-13-15-28(16-14-26)36-32(41)24-7-5-23(6-8-24)31(40)35-27-11-9-25(10-12-27)33(42)37-30-4-3-19-39(2)22-30;2*1-6-2-4-7(5-3-6)11(8,9)10/h3-22H,1-2H3,(H2-,35,36,37,40,41,42);2*2-5H,1H3,(H,8,9,10). The smallest absolute Gasteiger partial charge is 0.255 e. The predicted molar refractivity (Wildman–Crippen MR) is 240 cm³/mol. The molecule has 328 valence electrons. The van der Waals surface area contributed by atoms with Crippen LogP contribution in [0.1, 0.15) is 42.2 Å². The summed E-state index contributed by atoms with van der Waals surface area (Å²) in [6, 6.07) is 39.6. The van der Waals surface area contributed by atoms with Gasteiger partial charge in [-0.25, -0.2) is 26.0 Å². The maximum Gasteiger partial charge on any atom is 0.255 e. The largest absolute Gasteiger partial charge is 0.744 e. The Labute approximate surface area is 371 Å². The molecule has 0 spiro atoms. The van der Waals surface area contributed by atoms with Gasteiger partial charge in [0.2, 0.25) is 0 Å². The van der Waals surface area contributed by atoms with Crippen LogP contribution in [-0.2, 0) is 34.3 Å². The van der Waals surface area contributed by atoms with E-state index in [1.54, 1.807) is 72.8 Å². The lowest BCUT2D eigenvalue weighted by Crippen LogP contribution is -2.27. The highest BCUT2D eigenvalue weighted by molar-refractivity contribution is 7.86. The number of hydrogen-bond acceptors (Lipinski definition) is 10. The zero-order valence-electron chi connectivity index (χ0n) is 35.1. The van der Waals surface area contributed by atoms with Crippen molar-refractivity contribution in [2.24, 2.45) is 14.1 Å². The predicted octanol–water partition coefficient (Wildman–Crippen LogP) is 6.63. The molecule has 0 saturated heterocycles. The van der Waals surface area contributed by atoms with Crippen LogP contribution < -0.4 is 30.4 Å². The highest BCUT2D eigenvalue weighted by Gasteiger charge is 2.12. The SMILES string of the molecule is C[n+]1ccc(Nc2ccc(NC(=O)c3ccc(C(=O)Nc4ccc(C(=O)Nc5ccc[n+](C)c5)cc4)cc3)cc2)cc1.Cc1ccc(S(=O)(=O)[O-])cc1.Cc1ccc(S(=O)(=O)[O-])cc1. The number of nitrogens with one attached hydrogen (secondary N) is 4. The quantitative estimate of drug-likeness (QED) is 0.0847. The van der Waals surface area contributed by atoms with Crippen LogP contribution in [-0.4, -0.2) is 43.7 Å². The lowest BCUT2D eigenvalue weighted by Gasteiger charge is -2.09. The average molecular weight is 901 g/mol. The molecule has 0 atom stereocenters. The minimum Gasteiger partial charge on any atom is -0.744 e. The van der Waals surface area contributed by atoms with Crippen molar-refractivity contribution < 1.29 is 49.5 Å². The van der Waals surface area contributed by atoms with Crippen molar-refractivity contribution >= 4 is 66.4 Å². The Morgan fingerprint density at radius 3 is 1.16 bits per heavy atom. The van der Waals surface area contributed by atoms with Gasteiger partial charge in [0.05, 0.1) is 15.5 Å². The molecule has 4 N–H and O–H groups in total. The lowest BCUT2D eigenvalue weighted by molar-refractivity contribution is -0.671. The Bertz CT molecular complexity index is 2860. The molecule has 0 aliphatic heterocycles. The first-order valence-corrected chi connectivity index (χ1v) is 22.1.